The summed E-state index contributed by atoms with van der Waals surface area (Å²) in [6, 6.07) is 6.28. The van der Waals surface area contributed by atoms with Gasteiger partial charge < -0.3 is 5.32 Å². The van der Waals surface area contributed by atoms with Crippen LogP contribution in [0, 0.1) is 0 Å². The second-order valence-electron chi connectivity index (χ2n) is 4.31. The summed E-state index contributed by atoms with van der Waals surface area (Å²) in [5.74, 6) is 0.626. The molecule has 0 atom stereocenters. The fourth-order valence-electron chi connectivity index (χ4n) is 1.78. The number of nitrogens with one attached hydrogen (secondary N) is 1. The van der Waals surface area contributed by atoms with Gasteiger partial charge in [0, 0.05) is 24.0 Å². The lowest BCUT2D eigenvalue weighted by atomic mass is 10.2. The van der Waals surface area contributed by atoms with E-state index in [0.717, 1.165) is 0 Å². The van der Waals surface area contributed by atoms with Crippen LogP contribution in [0.25, 0.3) is 5.82 Å². The van der Waals surface area contributed by atoms with E-state index < -0.39 is 0 Å². The van der Waals surface area contributed by atoms with E-state index in [9.17, 15) is 4.79 Å². The zero-order valence-electron chi connectivity index (χ0n) is 11.1. The van der Waals surface area contributed by atoms with E-state index in [2.05, 4.69) is 20.3 Å². The number of carbonyl (C=O) groups is 1. The van der Waals surface area contributed by atoms with Crippen molar-refractivity contribution in [2.45, 2.75) is 0 Å². The molecule has 0 spiro atoms. The first-order valence-electron chi connectivity index (χ1n) is 6.20. The molecule has 3 aromatic rings. The standard InChI is InChI=1S/C14H9Cl2N5O/c15-10-2-1-9(5-11(10)16)14(22)20-12-6-13(19-7-18-12)21-4-3-17-8-21/h1-8H,(H,18,19,20,22). The molecule has 0 aliphatic heterocycles. The van der Waals surface area contributed by atoms with Crippen LogP contribution < -0.4 is 5.32 Å². The predicted molar refractivity (Wildman–Crippen MR) is 83.6 cm³/mol. The maximum atomic E-state index is 12.2. The molecule has 1 aromatic carbocycles. The average Bonchev–Trinajstić information content (AvgIpc) is 3.04. The van der Waals surface area contributed by atoms with Gasteiger partial charge in [0.25, 0.3) is 5.91 Å². The third-order valence-electron chi connectivity index (χ3n) is 2.84. The number of aromatic nitrogens is 4. The van der Waals surface area contributed by atoms with Crippen molar-refractivity contribution in [1.82, 2.24) is 19.5 Å². The van der Waals surface area contributed by atoms with Crippen LogP contribution in [0.3, 0.4) is 0 Å². The highest BCUT2D eigenvalue weighted by Crippen LogP contribution is 2.23. The highest BCUT2D eigenvalue weighted by molar-refractivity contribution is 6.42. The van der Waals surface area contributed by atoms with Gasteiger partial charge in [0.15, 0.2) is 0 Å². The van der Waals surface area contributed by atoms with Crippen LogP contribution in [0.5, 0.6) is 0 Å². The number of anilines is 1. The number of nitrogens with zero attached hydrogens (tertiary/aromatic N) is 4. The van der Waals surface area contributed by atoms with E-state index in [-0.39, 0.29) is 5.91 Å². The highest BCUT2D eigenvalue weighted by Gasteiger charge is 2.10. The van der Waals surface area contributed by atoms with Crippen LogP contribution in [0.15, 0.2) is 49.3 Å². The van der Waals surface area contributed by atoms with Crippen LogP contribution in [-0.2, 0) is 0 Å². The molecule has 3 rings (SSSR count). The van der Waals surface area contributed by atoms with E-state index in [1.807, 2.05) is 0 Å². The fourth-order valence-corrected chi connectivity index (χ4v) is 2.08. The first kappa shape index (κ1) is 14.5. The van der Waals surface area contributed by atoms with E-state index in [4.69, 9.17) is 23.2 Å². The van der Waals surface area contributed by atoms with Crippen LogP contribution in [-0.4, -0.2) is 25.4 Å². The smallest absolute Gasteiger partial charge is 0.256 e. The van der Waals surface area contributed by atoms with Gasteiger partial charge in [0.1, 0.15) is 24.3 Å². The quantitative estimate of drug-likeness (QED) is 0.798. The summed E-state index contributed by atoms with van der Waals surface area (Å²) >= 11 is 11.7. The van der Waals surface area contributed by atoms with E-state index >= 15 is 0 Å². The second kappa shape index (κ2) is 6.13. The Bertz CT molecular complexity index is 820. The SMILES string of the molecule is O=C(Nc1cc(-n2ccnc2)ncn1)c1ccc(Cl)c(Cl)c1. The van der Waals surface area contributed by atoms with Gasteiger partial charge in [-0.05, 0) is 18.2 Å². The molecule has 2 heterocycles. The number of amides is 1. The summed E-state index contributed by atoms with van der Waals surface area (Å²) in [6.07, 6.45) is 6.34. The Labute approximate surface area is 135 Å². The monoisotopic (exact) mass is 333 g/mol. The molecule has 6 nitrogen and oxygen atoms in total. The molecule has 2 aromatic heterocycles. The van der Waals surface area contributed by atoms with E-state index in [1.54, 1.807) is 41.5 Å². The van der Waals surface area contributed by atoms with Crippen molar-refractivity contribution in [1.29, 1.82) is 0 Å². The Hall–Kier alpha value is -2.44. The van der Waals surface area contributed by atoms with Crippen LogP contribution in [0.1, 0.15) is 10.4 Å². The van der Waals surface area contributed by atoms with Crippen LogP contribution >= 0.6 is 23.2 Å². The van der Waals surface area contributed by atoms with Crippen molar-refractivity contribution in [2.75, 3.05) is 5.32 Å². The third kappa shape index (κ3) is 3.08. The highest BCUT2D eigenvalue weighted by atomic mass is 35.5. The van der Waals surface area contributed by atoms with Crippen molar-refractivity contribution in [3.8, 4) is 5.82 Å². The van der Waals surface area contributed by atoms with Gasteiger partial charge in [-0.15, -0.1) is 0 Å². The third-order valence-corrected chi connectivity index (χ3v) is 3.58. The number of hydrogen-bond acceptors (Lipinski definition) is 4. The minimum Gasteiger partial charge on any atom is -0.306 e. The van der Waals surface area contributed by atoms with Gasteiger partial charge in [-0.1, -0.05) is 23.2 Å². The molecular weight excluding hydrogens is 325 g/mol. The maximum Gasteiger partial charge on any atom is 0.256 e. The largest absolute Gasteiger partial charge is 0.306 e. The molecule has 0 fully saturated rings. The molecule has 110 valence electrons. The van der Waals surface area contributed by atoms with Crippen molar-refractivity contribution in [3.05, 3.63) is 64.9 Å². The molecule has 22 heavy (non-hydrogen) atoms. The van der Waals surface area contributed by atoms with Gasteiger partial charge in [0.05, 0.1) is 10.0 Å². The minimum absolute atomic E-state index is 0.316. The molecule has 0 aliphatic rings. The minimum atomic E-state index is -0.339. The van der Waals surface area contributed by atoms with Crippen molar-refractivity contribution >= 4 is 34.9 Å². The normalized spacial score (nSPS) is 10.5. The number of hydrogen-bond donors (Lipinski definition) is 1. The first-order valence-corrected chi connectivity index (χ1v) is 6.96. The van der Waals surface area contributed by atoms with Gasteiger partial charge in [-0.25, -0.2) is 15.0 Å². The van der Waals surface area contributed by atoms with Gasteiger partial charge in [0.2, 0.25) is 0 Å². The van der Waals surface area contributed by atoms with E-state index in [1.165, 1.54) is 12.4 Å². The lowest BCUT2D eigenvalue weighted by Crippen LogP contribution is -2.13. The summed E-state index contributed by atoms with van der Waals surface area (Å²) < 4.78 is 1.70. The Morgan fingerprint density at radius 2 is 2.00 bits per heavy atom. The molecule has 1 amide bonds. The van der Waals surface area contributed by atoms with Crippen LogP contribution in [0.4, 0.5) is 5.82 Å². The summed E-state index contributed by atoms with van der Waals surface area (Å²) in [6.45, 7) is 0. The summed E-state index contributed by atoms with van der Waals surface area (Å²) in [5.41, 5.74) is 0.386. The van der Waals surface area contributed by atoms with E-state index in [0.29, 0.717) is 27.2 Å². The van der Waals surface area contributed by atoms with Gasteiger partial charge in [-0.3, -0.25) is 9.36 Å². The van der Waals surface area contributed by atoms with Gasteiger partial charge in [-0.2, -0.15) is 0 Å². The number of benzene rings is 1. The molecule has 0 bridgehead atoms. The molecular formula is C14H9Cl2N5O. The number of rotatable bonds is 3. The topological polar surface area (TPSA) is 72.7 Å². The summed E-state index contributed by atoms with van der Waals surface area (Å²) in [7, 11) is 0. The molecule has 8 heteroatoms. The number of imidazole rings is 1. The molecule has 0 saturated heterocycles. The Kier molecular flexibility index (Phi) is 4.04. The first-order chi connectivity index (χ1) is 10.6. The molecule has 0 saturated carbocycles. The van der Waals surface area contributed by atoms with Crippen LogP contribution in [0.2, 0.25) is 10.0 Å². The summed E-state index contributed by atoms with van der Waals surface area (Å²) in [4.78, 5) is 24.3. The zero-order chi connectivity index (χ0) is 15.5. The van der Waals surface area contributed by atoms with Crippen molar-refractivity contribution in [2.24, 2.45) is 0 Å². The second-order valence-corrected chi connectivity index (χ2v) is 5.13. The van der Waals surface area contributed by atoms with Crippen molar-refractivity contribution < 1.29 is 4.79 Å². The lowest BCUT2D eigenvalue weighted by molar-refractivity contribution is 0.102. The average molecular weight is 334 g/mol. The Balaban J connectivity index is 1.82. The number of carbonyl (C=O) groups excluding carboxylic acids is 1. The maximum absolute atomic E-state index is 12.2. The van der Waals surface area contributed by atoms with Gasteiger partial charge >= 0.3 is 0 Å². The molecule has 0 aliphatic carbocycles. The zero-order valence-corrected chi connectivity index (χ0v) is 12.6. The Morgan fingerprint density at radius 3 is 2.73 bits per heavy atom. The van der Waals surface area contributed by atoms with Crippen molar-refractivity contribution in [3.63, 3.8) is 0 Å². The number of halogens is 2. The molecule has 1 N–H and O–H groups in total. The Morgan fingerprint density at radius 1 is 1.14 bits per heavy atom. The molecule has 0 unspecified atom stereocenters. The summed E-state index contributed by atoms with van der Waals surface area (Å²) in [5, 5.41) is 3.39. The predicted octanol–water partition coefficient (Wildman–Crippen LogP) is 3.22. The molecule has 0 radical (unpaired) electrons. The lowest BCUT2D eigenvalue weighted by Gasteiger charge is -2.07. The fraction of sp³-hybridized carbons (Fsp3) is 0.